The van der Waals surface area contributed by atoms with E-state index in [-0.39, 0.29) is 25.2 Å². The molecule has 0 saturated heterocycles. The molecule has 10 heavy (non-hydrogen) atoms. The molecule has 0 fully saturated rings. The summed E-state index contributed by atoms with van der Waals surface area (Å²) in [6.07, 6.45) is -0.341. The minimum absolute atomic E-state index is 0. The lowest BCUT2D eigenvalue weighted by atomic mass is 10.3. The van der Waals surface area contributed by atoms with Gasteiger partial charge in [-0.15, -0.1) is 0 Å². The molecule has 0 bridgehead atoms. The predicted octanol–water partition coefficient (Wildman–Crippen LogP) is -3.60. The average Bonchev–Trinajstić information content (AvgIpc) is 1.63. The standard InChI is InChI=1S/C6H16NO2.ClH/c1-6(9)4-7(2,3)5-8;/h6,8-9H,4-5H2,1-3H3;1H/q+1;/p-1. The maximum Gasteiger partial charge on any atom is 0.179 e. The van der Waals surface area contributed by atoms with Crippen molar-refractivity contribution in [2.75, 3.05) is 27.4 Å². The monoisotopic (exact) mass is 169 g/mol. The van der Waals surface area contributed by atoms with Crippen molar-refractivity contribution >= 4 is 0 Å². The van der Waals surface area contributed by atoms with Gasteiger partial charge in [-0.05, 0) is 6.92 Å². The summed E-state index contributed by atoms with van der Waals surface area (Å²) in [6, 6.07) is 0. The maximum atomic E-state index is 8.89. The molecule has 0 amide bonds. The van der Waals surface area contributed by atoms with Gasteiger partial charge in [-0.2, -0.15) is 0 Å². The molecule has 0 rings (SSSR count). The van der Waals surface area contributed by atoms with E-state index in [0.717, 1.165) is 0 Å². The van der Waals surface area contributed by atoms with Crippen LogP contribution in [-0.4, -0.2) is 48.2 Å². The smallest absolute Gasteiger partial charge is 0.179 e. The van der Waals surface area contributed by atoms with Gasteiger partial charge in [-0.25, -0.2) is 0 Å². The summed E-state index contributed by atoms with van der Waals surface area (Å²) in [7, 11) is 3.74. The van der Waals surface area contributed by atoms with Gasteiger partial charge >= 0.3 is 0 Å². The van der Waals surface area contributed by atoms with E-state index in [1.54, 1.807) is 6.92 Å². The zero-order valence-electron chi connectivity index (χ0n) is 6.71. The molecule has 0 aliphatic rings. The average molecular weight is 170 g/mol. The normalized spacial score (nSPS) is 14.1. The van der Waals surface area contributed by atoms with Gasteiger partial charge in [0.05, 0.1) is 14.1 Å². The zero-order valence-corrected chi connectivity index (χ0v) is 7.47. The van der Waals surface area contributed by atoms with Gasteiger partial charge in [0.25, 0.3) is 0 Å². The van der Waals surface area contributed by atoms with Crippen LogP contribution in [0.5, 0.6) is 0 Å². The van der Waals surface area contributed by atoms with Crippen LogP contribution in [0.15, 0.2) is 0 Å². The number of quaternary nitrogens is 1. The third-order valence-corrected chi connectivity index (χ3v) is 1.14. The molecule has 4 heteroatoms. The van der Waals surface area contributed by atoms with Crippen molar-refractivity contribution in [2.45, 2.75) is 13.0 Å². The highest BCUT2D eigenvalue weighted by atomic mass is 35.5. The first-order chi connectivity index (χ1) is 3.98. The van der Waals surface area contributed by atoms with Crippen LogP contribution in [0.3, 0.4) is 0 Å². The number of nitrogens with zero attached hydrogens (tertiary/aromatic N) is 1. The Morgan fingerprint density at radius 1 is 1.40 bits per heavy atom. The fourth-order valence-corrected chi connectivity index (χ4v) is 0.773. The van der Waals surface area contributed by atoms with Crippen LogP contribution < -0.4 is 12.4 Å². The summed E-state index contributed by atoms with van der Waals surface area (Å²) >= 11 is 0. The van der Waals surface area contributed by atoms with Crippen LogP contribution in [0.25, 0.3) is 0 Å². The SMILES string of the molecule is CC(O)C[N+](C)(C)CO.[Cl-]. The quantitative estimate of drug-likeness (QED) is 0.339. The van der Waals surface area contributed by atoms with Crippen LogP contribution in [-0.2, 0) is 0 Å². The van der Waals surface area contributed by atoms with E-state index in [2.05, 4.69) is 0 Å². The van der Waals surface area contributed by atoms with Crippen molar-refractivity contribution in [3.8, 4) is 0 Å². The van der Waals surface area contributed by atoms with Crippen LogP contribution in [0.2, 0.25) is 0 Å². The van der Waals surface area contributed by atoms with Gasteiger partial charge in [0.15, 0.2) is 6.73 Å². The summed E-state index contributed by atoms with van der Waals surface area (Å²) in [5, 5.41) is 17.6. The summed E-state index contributed by atoms with van der Waals surface area (Å²) in [5.74, 6) is 0. The molecule has 0 aromatic heterocycles. The van der Waals surface area contributed by atoms with Crippen molar-refractivity contribution in [3.05, 3.63) is 0 Å². The fraction of sp³-hybridized carbons (Fsp3) is 1.00. The van der Waals surface area contributed by atoms with E-state index in [1.807, 2.05) is 14.1 Å². The Bertz CT molecular complexity index is 85.8. The highest BCUT2D eigenvalue weighted by Gasteiger charge is 2.15. The summed E-state index contributed by atoms with van der Waals surface area (Å²) in [6.45, 7) is 2.39. The van der Waals surface area contributed by atoms with Crippen LogP contribution in [0.1, 0.15) is 6.92 Å². The molecule has 3 nitrogen and oxygen atoms in total. The maximum absolute atomic E-state index is 8.89. The molecule has 0 radical (unpaired) electrons. The molecule has 0 aromatic carbocycles. The first-order valence-corrected chi connectivity index (χ1v) is 3.09. The molecular formula is C6H16ClNO2. The Morgan fingerprint density at radius 2 is 1.80 bits per heavy atom. The van der Waals surface area contributed by atoms with Gasteiger partial charge in [0.1, 0.15) is 12.6 Å². The highest BCUT2D eigenvalue weighted by Crippen LogP contribution is 1.96. The second-order valence-corrected chi connectivity index (χ2v) is 3.11. The van der Waals surface area contributed by atoms with Crippen LogP contribution in [0.4, 0.5) is 0 Å². The van der Waals surface area contributed by atoms with Gasteiger partial charge in [0, 0.05) is 0 Å². The third-order valence-electron chi connectivity index (χ3n) is 1.14. The molecule has 0 spiro atoms. The van der Waals surface area contributed by atoms with Crippen LogP contribution >= 0.6 is 0 Å². The van der Waals surface area contributed by atoms with E-state index in [0.29, 0.717) is 11.0 Å². The molecular weight excluding hydrogens is 154 g/mol. The highest BCUT2D eigenvalue weighted by molar-refractivity contribution is 4.39. The molecule has 1 unspecified atom stereocenters. The summed E-state index contributed by atoms with van der Waals surface area (Å²) in [5.41, 5.74) is 0. The number of aliphatic hydroxyl groups is 2. The zero-order chi connectivity index (χ0) is 7.49. The van der Waals surface area contributed by atoms with Crippen molar-refractivity contribution < 1.29 is 27.1 Å². The number of halogens is 1. The number of hydrogen-bond acceptors (Lipinski definition) is 2. The number of aliphatic hydroxyl groups excluding tert-OH is 2. The minimum atomic E-state index is -0.341. The summed E-state index contributed by atoms with van der Waals surface area (Å²) < 4.78 is 0.456. The molecule has 0 saturated carbocycles. The largest absolute Gasteiger partial charge is 1.00 e. The second kappa shape index (κ2) is 4.91. The lowest BCUT2D eigenvalue weighted by Crippen LogP contribution is -3.00. The van der Waals surface area contributed by atoms with Crippen molar-refractivity contribution in [1.82, 2.24) is 0 Å². The molecule has 0 aliphatic heterocycles. The van der Waals surface area contributed by atoms with E-state index in [1.165, 1.54) is 0 Å². The first-order valence-electron chi connectivity index (χ1n) is 3.09. The number of hydrogen-bond donors (Lipinski definition) is 2. The Hall–Kier alpha value is 0.170. The van der Waals surface area contributed by atoms with Gasteiger partial charge in [-0.3, -0.25) is 0 Å². The van der Waals surface area contributed by atoms with Crippen molar-refractivity contribution in [1.29, 1.82) is 0 Å². The first kappa shape index (κ1) is 12.8. The fourth-order valence-electron chi connectivity index (χ4n) is 0.773. The Balaban J connectivity index is 0. The molecule has 0 aromatic rings. The van der Waals surface area contributed by atoms with E-state index < -0.39 is 0 Å². The molecule has 1 atom stereocenters. The minimum Gasteiger partial charge on any atom is -1.00 e. The van der Waals surface area contributed by atoms with Crippen molar-refractivity contribution in [3.63, 3.8) is 0 Å². The van der Waals surface area contributed by atoms with Gasteiger partial charge in [0.2, 0.25) is 0 Å². The lowest BCUT2D eigenvalue weighted by molar-refractivity contribution is -0.911. The van der Waals surface area contributed by atoms with E-state index in [4.69, 9.17) is 10.2 Å². The van der Waals surface area contributed by atoms with Crippen LogP contribution in [0, 0.1) is 0 Å². The molecule has 2 N–H and O–H groups in total. The van der Waals surface area contributed by atoms with Gasteiger partial charge < -0.3 is 27.1 Å². The summed E-state index contributed by atoms with van der Waals surface area (Å²) in [4.78, 5) is 0. The molecule has 64 valence electrons. The van der Waals surface area contributed by atoms with E-state index in [9.17, 15) is 0 Å². The van der Waals surface area contributed by atoms with E-state index >= 15 is 0 Å². The van der Waals surface area contributed by atoms with Crippen molar-refractivity contribution in [2.24, 2.45) is 0 Å². The van der Waals surface area contributed by atoms with Gasteiger partial charge in [-0.1, -0.05) is 0 Å². The molecule has 0 heterocycles. The molecule has 0 aliphatic carbocycles. The Labute approximate surface area is 68.3 Å². The third kappa shape index (κ3) is 6.29. The number of rotatable bonds is 3. The Morgan fingerprint density at radius 3 is 1.90 bits per heavy atom. The second-order valence-electron chi connectivity index (χ2n) is 3.11. The lowest BCUT2D eigenvalue weighted by Gasteiger charge is -2.27. The number of likely N-dealkylation sites (N-methyl/N-ethyl adjacent to an activating group) is 1. The Kier molecular flexibility index (Phi) is 6.29. The predicted molar refractivity (Wildman–Crippen MR) is 35.7 cm³/mol. The topological polar surface area (TPSA) is 40.5 Å².